The summed E-state index contributed by atoms with van der Waals surface area (Å²) < 4.78 is 6.28. The molecule has 0 fully saturated rings. The topological polar surface area (TPSA) is 62.0 Å². The molecule has 0 saturated heterocycles. The van der Waals surface area contributed by atoms with Gasteiger partial charge < -0.3 is 15.1 Å². The molecule has 0 aliphatic rings. The molecule has 15 heavy (non-hydrogen) atoms. The Bertz CT molecular complexity index is 393. The number of aromatic hydroxyl groups is 1. The zero-order valence-electron chi connectivity index (χ0n) is 7.87. The number of rotatable bonds is 3. The standard InChI is InChI=1S/C9H9Br2NO3/c1-2-15-6-3-5(4-12-14)7(10)8(11)9(6)13/h3-4,13-14H,2H2,1H3/b12-4+. The quantitative estimate of drug-likeness (QED) is 0.505. The SMILES string of the molecule is CCOc1cc(/C=N/O)c(Br)c(Br)c1O. The summed E-state index contributed by atoms with van der Waals surface area (Å²) in [6.45, 7) is 2.26. The summed E-state index contributed by atoms with van der Waals surface area (Å²) in [5.41, 5.74) is 0.602. The summed E-state index contributed by atoms with van der Waals surface area (Å²) in [5, 5.41) is 21.1. The number of phenolic OH excluding ortho intramolecular Hbond substituents is 1. The summed E-state index contributed by atoms with van der Waals surface area (Å²) >= 11 is 6.45. The molecule has 6 heteroatoms. The number of ether oxygens (including phenoxy) is 1. The zero-order valence-corrected chi connectivity index (χ0v) is 11.0. The molecule has 82 valence electrons. The molecular formula is C9H9Br2NO3. The minimum atomic E-state index is 0.0128. The lowest BCUT2D eigenvalue weighted by Gasteiger charge is -2.10. The lowest BCUT2D eigenvalue weighted by Crippen LogP contribution is -1.95. The Morgan fingerprint density at radius 1 is 1.47 bits per heavy atom. The van der Waals surface area contributed by atoms with E-state index in [1.807, 2.05) is 6.92 Å². The second-order valence-corrected chi connectivity index (χ2v) is 4.20. The molecule has 0 atom stereocenters. The van der Waals surface area contributed by atoms with Crippen molar-refractivity contribution in [3.8, 4) is 11.5 Å². The largest absolute Gasteiger partial charge is 0.503 e. The van der Waals surface area contributed by atoms with Gasteiger partial charge in [-0.05, 0) is 44.8 Å². The predicted octanol–water partition coefficient (Wildman–Crippen LogP) is 3.12. The molecule has 0 bridgehead atoms. The fraction of sp³-hybridized carbons (Fsp3) is 0.222. The van der Waals surface area contributed by atoms with Crippen LogP contribution in [0.25, 0.3) is 0 Å². The number of hydrogen-bond donors (Lipinski definition) is 2. The normalized spacial score (nSPS) is 10.9. The van der Waals surface area contributed by atoms with Gasteiger partial charge in [-0.1, -0.05) is 5.16 Å². The first-order valence-electron chi connectivity index (χ1n) is 4.13. The molecule has 2 N–H and O–H groups in total. The van der Waals surface area contributed by atoms with Gasteiger partial charge in [-0.2, -0.15) is 0 Å². The van der Waals surface area contributed by atoms with Crippen molar-refractivity contribution in [3.63, 3.8) is 0 Å². The summed E-state index contributed by atoms with van der Waals surface area (Å²) in [4.78, 5) is 0. The highest BCUT2D eigenvalue weighted by Crippen LogP contribution is 2.41. The minimum Gasteiger partial charge on any atom is -0.503 e. The van der Waals surface area contributed by atoms with E-state index in [9.17, 15) is 5.11 Å². The zero-order chi connectivity index (χ0) is 11.4. The van der Waals surface area contributed by atoms with Gasteiger partial charge in [0.1, 0.15) is 0 Å². The second-order valence-electron chi connectivity index (χ2n) is 2.62. The van der Waals surface area contributed by atoms with Crippen molar-refractivity contribution >= 4 is 38.1 Å². The molecule has 4 nitrogen and oxygen atoms in total. The number of hydrogen-bond acceptors (Lipinski definition) is 4. The summed E-state index contributed by atoms with van der Waals surface area (Å²) in [5.74, 6) is 0.348. The molecule has 0 saturated carbocycles. The van der Waals surface area contributed by atoms with Crippen molar-refractivity contribution in [3.05, 3.63) is 20.6 Å². The van der Waals surface area contributed by atoms with Gasteiger partial charge in [-0.25, -0.2) is 0 Å². The molecule has 0 radical (unpaired) electrons. The van der Waals surface area contributed by atoms with Crippen molar-refractivity contribution in [2.45, 2.75) is 6.92 Å². The first-order valence-corrected chi connectivity index (χ1v) is 5.71. The van der Waals surface area contributed by atoms with E-state index < -0.39 is 0 Å². The average Bonchev–Trinajstić information content (AvgIpc) is 2.22. The lowest BCUT2D eigenvalue weighted by molar-refractivity contribution is 0.316. The summed E-state index contributed by atoms with van der Waals surface area (Å²) in [6.07, 6.45) is 1.25. The van der Waals surface area contributed by atoms with E-state index in [0.29, 0.717) is 26.9 Å². The van der Waals surface area contributed by atoms with Gasteiger partial charge in [0, 0.05) is 10.0 Å². The van der Waals surface area contributed by atoms with Gasteiger partial charge in [0.05, 0.1) is 17.3 Å². The molecule has 1 aromatic carbocycles. The van der Waals surface area contributed by atoms with Gasteiger partial charge in [0.2, 0.25) is 0 Å². The summed E-state index contributed by atoms with van der Waals surface area (Å²) in [7, 11) is 0. The number of nitrogens with zero attached hydrogens (tertiary/aromatic N) is 1. The van der Waals surface area contributed by atoms with Crippen LogP contribution in [0.15, 0.2) is 20.2 Å². The number of oxime groups is 1. The molecule has 0 unspecified atom stereocenters. The first kappa shape index (κ1) is 12.3. The second kappa shape index (κ2) is 5.37. The highest BCUT2D eigenvalue weighted by Gasteiger charge is 2.14. The van der Waals surface area contributed by atoms with Crippen LogP contribution in [0.5, 0.6) is 11.5 Å². The number of halogens is 2. The Hall–Kier alpha value is -0.750. The van der Waals surface area contributed by atoms with E-state index in [-0.39, 0.29) is 5.75 Å². The first-order chi connectivity index (χ1) is 7.11. The van der Waals surface area contributed by atoms with Gasteiger partial charge in [0.15, 0.2) is 11.5 Å². The molecule has 0 heterocycles. The van der Waals surface area contributed by atoms with Crippen LogP contribution in [0, 0.1) is 0 Å². The Morgan fingerprint density at radius 2 is 2.13 bits per heavy atom. The maximum absolute atomic E-state index is 9.69. The third-order valence-corrected chi connectivity index (χ3v) is 3.83. The smallest absolute Gasteiger partial charge is 0.173 e. The highest BCUT2D eigenvalue weighted by molar-refractivity contribution is 9.13. The molecule has 1 aromatic rings. The fourth-order valence-electron chi connectivity index (χ4n) is 1.03. The van der Waals surface area contributed by atoms with Gasteiger partial charge in [-0.3, -0.25) is 0 Å². The van der Waals surface area contributed by atoms with E-state index >= 15 is 0 Å². The van der Waals surface area contributed by atoms with Gasteiger partial charge in [-0.15, -0.1) is 0 Å². The Morgan fingerprint density at radius 3 is 2.67 bits per heavy atom. The van der Waals surface area contributed by atoms with Crippen molar-refractivity contribution in [1.29, 1.82) is 0 Å². The summed E-state index contributed by atoms with van der Waals surface area (Å²) in [6, 6.07) is 1.58. The Kier molecular flexibility index (Phi) is 4.41. The van der Waals surface area contributed by atoms with Crippen LogP contribution in [-0.4, -0.2) is 23.1 Å². The molecular weight excluding hydrogens is 330 g/mol. The average molecular weight is 339 g/mol. The molecule has 0 aromatic heterocycles. The van der Waals surface area contributed by atoms with Crippen LogP contribution in [0.3, 0.4) is 0 Å². The van der Waals surface area contributed by atoms with E-state index in [0.717, 1.165) is 0 Å². The Balaban J connectivity index is 3.31. The van der Waals surface area contributed by atoms with Gasteiger partial charge >= 0.3 is 0 Å². The lowest BCUT2D eigenvalue weighted by atomic mass is 10.2. The van der Waals surface area contributed by atoms with E-state index in [4.69, 9.17) is 9.94 Å². The van der Waals surface area contributed by atoms with Crippen molar-refractivity contribution in [2.75, 3.05) is 6.61 Å². The number of benzene rings is 1. The molecule has 0 spiro atoms. The van der Waals surface area contributed by atoms with E-state index in [1.165, 1.54) is 6.21 Å². The third-order valence-electron chi connectivity index (χ3n) is 1.67. The van der Waals surface area contributed by atoms with Crippen molar-refractivity contribution in [2.24, 2.45) is 5.16 Å². The van der Waals surface area contributed by atoms with Gasteiger partial charge in [0.25, 0.3) is 0 Å². The van der Waals surface area contributed by atoms with E-state index in [2.05, 4.69) is 37.0 Å². The molecule has 0 aliphatic carbocycles. The van der Waals surface area contributed by atoms with E-state index in [1.54, 1.807) is 6.07 Å². The van der Waals surface area contributed by atoms with Crippen LogP contribution in [0.2, 0.25) is 0 Å². The predicted molar refractivity (Wildman–Crippen MR) is 64.1 cm³/mol. The highest BCUT2D eigenvalue weighted by atomic mass is 79.9. The molecule has 1 rings (SSSR count). The maximum atomic E-state index is 9.69. The molecule has 0 amide bonds. The Labute approximate surface area is 104 Å². The van der Waals surface area contributed by atoms with Crippen LogP contribution < -0.4 is 4.74 Å². The van der Waals surface area contributed by atoms with Crippen LogP contribution in [0.1, 0.15) is 12.5 Å². The van der Waals surface area contributed by atoms with Crippen molar-refractivity contribution in [1.82, 2.24) is 0 Å². The fourth-order valence-corrected chi connectivity index (χ4v) is 1.86. The number of phenols is 1. The van der Waals surface area contributed by atoms with Crippen LogP contribution >= 0.6 is 31.9 Å². The van der Waals surface area contributed by atoms with Crippen LogP contribution in [0.4, 0.5) is 0 Å². The van der Waals surface area contributed by atoms with Crippen LogP contribution in [-0.2, 0) is 0 Å². The van der Waals surface area contributed by atoms with Crippen molar-refractivity contribution < 1.29 is 15.1 Å². The third kappa shape index (κ3) is 2.63. The maximum Gasteiger partial charge on any atom is 0.173 e. The monoisotopic (exact) mass is 337 g/mol. The molecule has 0 aliphatic heterocycles. The minimum absolute atomic E-state index is 0.0128.